The van der Waals surface area contributed by atoms with E-state index in [1.807, 2.05) is 0 Å². The summed E-state index contributed by atoms with van der Waals surface area (Å²) < 4.78 is 2.41. The van der Waals surface area contributed by atoms with Gasteiger partial charge in [-0.2, -0.15) is 0 Å². The summed E-state index contributed by atoms with van der Waals surface area (Å²) in [5, 5.41) is 34.2. The zero-order valence-electron chi connectivity index (χ0n) is 36.6. The summed E-state index contributed by atoms with van der Waals surface area (Å²) in [4.78, 5) is 10.5. The predicted molar refractivity (Wildman–Crippen MR) is 263 cm³/mol. The van der Waals surface area contributed by atoms with Crippen LogP contribution in [0.1, 0.15) is 25.7 Å². The molecule has 8 unspecified atom stereocenters. The summed E-state index contributed by atoms with van der Waals surface area (Å²) >= 11 is 0. The van der Waals surface area contributed by atoms with Crippen LogP contribution in [0.2, 0.25) is 0 Å². The van der Waals surface area contributed by atoms with Gasteiger partial charge in [0.25, 0.3) is 0 Å². The molecule has 332 valence electrons. The monoisotopic (exact) mass is 866 g/mol. The normalized spacial score (nSPS) is 27.5. The molecule has 0 saturated carbocycles. The van der Waals surface area contributed by atoms with Crippen molar-refractivity contribution in [1.82, 2.24) is 47.1 Å². The third-order valence-corrected chi connectivity index (χ3v) is 14.3. The molecule has 5 aliphatic rings. The highest BCUT2D eigenvalue weighted by molar-refractivity contribution is 6.10. The molecule has 6 heterocycles. The molecular formula is C52H59N13. The van der Waals surface area contributed by atoms with Crippen LogP contribution in [0.4, 0.5) is 22.7 Å². The summed E-state index contributed by atoms with van der Waals surface area (Å²) in [5.74, 6) is 0. The van der Waals surface area contributed by atoms with E-state index < -0.39 is 0 Å². The van der Waals surface area contributed by atoms with E-state index in [4.69, 9.17) is 0 Å². The van der Waals surface area contributed by atoms with Crippen LogP contribution in [-0.2, 0) is 0 Å². The molecule has 8 N–H and O–H groups in total. The van der Waals surface area contributed by atoms with Crippen LogP contribution in [-0.4, -0.2) is 80.6 Å². The highest BCUT2D eigenvalue weighted by Crippen LogP contribution is 2.38. The number of para-hydroxylation sites is 5. The van der Waals surface area contributed by atoms with Crippen LogP contribution >= 0.6 is 0 Å². The third kappa shape index (κ3) is 7.67. The molecule has 7 aromatic rings. The molecule has 5 saturated heterocycles. The molecule has 8 atom stereocenters. The average molecular weight is 866 g/mol. The Morgan fingerprint density at radius 2 is 0.585 bits per heavy atom. The first-order valence-corrected chi connectivity index (χ1v) is 23.5. The standard InChI is InChI=1S/C52H59N13/c1-5-15-36(16-6-1)61-43-24-14-13-23-41(43)42-27-40(25-26-44(42)61)65-51-30-49(57-34-59-51)63(38-19-9-3-10-20-38)47-28-45(53-32-55-47)62(37-17-7-2-8-18-37)46-29-48(56-33-54-46)64(39-21-11-4-12-22-39)50-31-52(65)60-35-58-50/h1-27,45-60H,28-35H2. The molecule has 0 radical (unpaired) electrons. The van der Waals surface area contributed by atoms with Crippen LogP contribution in [0, 0.1) is 0 Å². The quantitative estimate of drug-likeness (QED) is 0.106. The van der Waals surface area contributed by atoms with Crippen molar-refractivity contribution in [3.05, 3.63) is 164 Å². The van der Waals surface area contributed by atoms with Crippen LogP contribution in [0.5, 0.6) is 0 Å². The van der Waals surface area contributed by atoms with Crippen molar-refractivity contribution in [2.75, 3.05) is 46.3 Å². The number of hydrogen-bond donors (Lipinski definition) is 8. The Morgan fingerprint density at radius 3 is 0.969 bits per heavy atom. The maximum atomic E-state index is 4.00. The van der Waals surface area contributed by atoms with Crippen molar-refractivity contribution >= 4 is 44.6 Å². The van der Waals surface area contributed by atoms with E-state index in [1.165, 1.54) is 50.2 Å². The Bertz CT molecular complexity index is 2600. The van der Waals surface area contributed by atoms with Gasteiger partial charge in [-0.15, -0.1) is 0 Å². The number of rotatable bonds is 5. The van der Waals surface area contributed by atoms with Crippen molar-refractivity contribution in [1.29, 1.82) is 0 Å². The van der Waals surface area contributed by atoms with Crippen LogP contribution < -0.4 is 62.1 Å². The maximum absolute atomic E-state index is 4.00. The number of hydrogen-bond acceptors (Lipinski definition) is 12. The lowest BCUT2D eigenvalue weighted by Crippen LogP contribution is -2.74. The van der Waals surface area contributed by atoms with E-state index in [1.54, 1.807) is 0 Å². The fourth-order valence-electron chi connectivity index (χ4n) is 11.5. The van der Waals surface area contributed by atoms with E-state index in [-0.39, 0.29) is 49.3 Å². The van der Waals surface area contributed by atoms with Crippen molar-refractivity contribution in [2.45, 2.75) is 75.0 Å². The molecule has 12 rings (SSSR count). The van der Waals surface area contributed by atoms with E-state index >= 15 is 0 Å². The fourth-order valence-corrected chi connectivity index (χ4v) is 11.5. The van der Waals surface area contributed by atoms with Crippen molar-refractivity contribution in [3.8, 4) is 5.69 Å². The number of nitrogens with one attached hydrogen (secondary N) is 8. The Morgan fingerprint density at radius 1 is 0.277 bits per heavy atom. The molecule has 6 aromatic carbocycles. The summed E-state index contributed by atoms with van der Waals surface area (Å²) in [6.45, 7) is 2.69. The van der Waals surface area contributed by atoms with Crippen LogP contribution in [0.25, 0.3) is 27.5 Å². The molecule has 8 bridgehead atoms. The van der Waals surface area contributed by atoms with Gasteiger partial charge < -0.3 is 24.2 Å². The molecule has 65 heavy (non-hydrogen) atoms. The maximum Gasteiger partial charge on any atom is 0.0854 e. The van der Waals surface area contributed by atoms with E-state index in [0.29, 0.717) is 26.7 Å². The molecular weight excluding hydrogens is 807 g/mol. The number of fused-ring (bicyclic) bond motifs is 11. The zero-order chi connectivity index (χ0) is 43.1. The van der Waals surface area contributed by atoms with E-state index in [0.717, 1.165) is 25.7 Å². The Labute approximate surface area is 381 Å². The minimum atomic E-state index is 0.00133. The van der Waals surface area contributed by atoms with Gasteiger partial charge in [0.1, 0.15) is 0 Å². The van der Waals surface area contributed by atoms with Gasteiger partial charge in [0.2, 0.25) is 0 Å². The van der Waals surface area contributed by atoms with E-state index in [2.05, 4.69) is 230 Å². The van der Waals surface area contributed by atoms with Crippen molar-refractivity contribution < 1.29 is 0 Å². The molecule has 13 nitrogen and oxygen atoms in total. The molecule has 0 spiro atoms. The molecule has 5 aliphatic heterocycles. The minimum Gasteiger partial charge on any atom is -0.340 e. The first-order chi connectivity index (χ1) is 32.2. The highest BCUT2D eigenvalue weighted by Gasteiger charge is 2.43. The van der Waals surface area contributed by atoms with Gasteiger partial charge in [0.15, 0.2) is 0 Å². The second kappa shape index (κ2) is 17.8. The van der Waals surface area contributed by atoms with Crippen LogP contribution in [0.15, 0.2) is 164 Å². The molecule has 13 heteroatoms. The second-order valence-electron chi connectivity index (χ2n) is 17.9. The largest absolute Gasteiger partial charge is 0.340 e. The number of benzene rings is 6. The smallest absolute Gasteiger partial charge is 0.0854 e. The van der Waals surface area contributed by atoms with Gasteiger partial charge in [-0.3, -0.25) is 42.5 Å². The Kier molecular flexibility index (Phi) is 11.1. The first-order valence-electron chi connectivity index (χ1n) is 23.5. The van der Waals surface area contributed by atoms with E-state index in [9.17, 15) is 0 Å². The van der Waals surface area contributed by atoms with Crippen molar-refractivity contribution in [3.63, 3.8) is 0 Å². The fraction of sp³-hybridized carbons (Fsp3) is 0.308. The van der Waals surface area contributed by atoms with Gasteiger partial charge in [-0.05, 0) is 72.8 Å². The summed E-state index contributed by atoms with van der Waals surface area (Å²) in [7, 11) is 0. The number of anilines is 4. The van der Waals surface area contributed by atoms with Gasteiger partial charge in [-0.25, -0.2) is 0 Å². The lowest BCUT2D eigenvalue weighted by atomic mass is 10.0. The number of aromatic nitrogens is 1. The Hall–Kier alpha value is -6.00. The van der Waals surface area contributed by atoms with Gasteiger partial charge in [-0.1, -0.05) is 91.0 Å². The molecule has 1 aromatic heterocycles. The number of nitrogens with zero attached hydrogens (tertiary/aromatic N) is 5. The van der Waals surface area contributed by atoms with Gasteiger partial charge >= 0.3 is 0 Å². The zero-order valence-corrected chi connectivity index (χ0v) is 36.6. The topological polar surface area (TPSA) is 114 Å². The lowest BCUT2D eigenvalue weighted by molar-refractivity contribution is 0.188. The minimum absolute atomic E-state index is 0.00133. The summed E-state index contributed by atoms with van der Waals surface area (Å²) in [6, 6.07) is 59.8. The van der Waals surface area contributed by atoms with Gasteiger partial charge in [0.05, 0.1) is 60.4 Å². The van der Waals surface area contributed by atoms with Crippen molar-refractivity contribution in [2.24, 2.45) is 0 Å². The Balaban J connectivity index is 1.01. The summed E-state index contributed by atoms with van der Waals surface area (Å²) in [6.07, 6.45) is 3.68. The SMILES string of the molecule is c1ccc(N2C3CC(NCN3)N(c3ccccc3)C3CC(NCN3)N(c3ccc4c(c3)c3ccccc3n4-c3ccccc3)C3CC(NCN3)N(c3ccccc3)C3CC2NCN3)cc1. The predicted octanol–water partition coefficient (Wildman–Crippen LogP) is 5.89. The third-order valence-electron chi connectivity index (χ3n) is 14.3. The molecule has 5 fully saturated rings. The molecule has 0 aliphatic carbocycles. The second-order valence-corrected chi connectivity index (χ2v) is 17.9. The van der Waals surface area contributed by atoms with Gasteiger partial charge in [0, 0.05) is 91.6 Å². The highest BCUT2D eigenvalue weighted by atomic mass is 15.5. The lowest BCUT2D eigenvalue weighted by Gasteiger charge is -2.54. The average Bonchev–Trinajstić information content (AvgIpc) is 3.70. The van der Waals surface area contributed by atoms with Crippen LogP contribution in [0.3, 0.4) is 0 Å². The first kappa shape index (κ1) is 40.5. The molecule has 0 amide bonds. The summed E-state index contributed by atoms with van der Waals surface area (Å²) in [5.41, 5.74) is 8.40.